The molecule has 0 spiro atoms. The lowest BCUT2D eigenvalue weighted by Gasteiger charge is -2.08. The number of anilines is 1. The van der Waals surface area contributed by atoms with E-state index in [0.717, 1.165) is 11.1 Å². The van der Waals surface area contributed by atoms with Crippen LogP contribution in [-0.4, -0.2) is 26.5 Å². The van der Waals surface area contributed by atoms with Gasteiger partial charge in [-0.2, -0.15) is 0 Å². The first-order valence-electron chi connectivity index (χ1n) is 8.58. The van der Waals surface area contributed by atoms with Crippen LogP contribution in [0.25, 0.3) is 22.6 Å². The molecule has 146 valence electrons. The Morgan fingerprint density at radius 3 is 2.69 bits per heavy atom. The number of benzene rings is 2. The molecule has 0 bridgehead atoms. The van der Waals surface area contributed by atoms with Crippen molar-refractivity contribution < 1.29 is 14.7 Å². The van der Waals surface area contributed by atoms with E-state index >= 15 is 0 Å². The van der Waals surface area contributed by atoms with Gasteiger partial charge in [0.25, 0.3) is 5.56 Å². The van der Waals surface area contributed by atoms with Gasteiger partial charge in [0.15, 0.2) is 0 Å². The van der Waals surface area contributed by atoms with Crippen molar-refractivity contribution in [3.63, 3.8) is 0 Å². The number of carbonyl (C=O) groups is 2. The Bertz CT molecular complexity index is 1280. The van der Waals surface area contributed by atoms with Crippen LogP contribution < -0.4 is 10.9 Å². The fourth-order valence-corrected chi connectivity index (χ4v) is 3.69. The molecule has 0 atom stereocenters. The van der Waals surface area contributed by atoms with Crippen LogP contribution in [0.5, 0.6) is 0 Å². The van der Waals surface area contributed by atoms with E-state index in [0.29, 0.717) is 39.7 Å². The maximum absolute atomic E-state index is 12.8. The van der Waals surface area contributed by atoms with Gasteiger partial charge in [-0.3, -0.25) is 14.2 Å². The number of carboxylic acid groups (broad SMARTS) is 1. The van der Waals surface area contributed by atoms with Gasteiger partial charge in [0, 0.05) is 22.3 Å². The van der Waals surface area contributed by atoms with Crippen LogP contribution in [-0.2, 0) is 16.1 Å². The SMILES string of the molecule is O=C(O)C(=O)Nc1ccc2c(=O)n3c(nc2c1)C(=Cc1ccc(Cl)cc1Cl)CC3. The first kappa shape index (κ1) is 19.2. The number of fused-ring (bicyclic) bond motifs is 2. The highest BCUT2D eigenvalue weighted by molar-refractivity contribution is 6.36. The number of halogens is 2. The predicted molar refractivity (Wildman–Crippen MR) is 111 cm³/mol. The van der Waals surface area contributed by atoms with E-state index in [1.54, 1.807) is 22.8 Å². The quantitative estimate of drug-likeness (QED) is 0.605. The van der Waals surface area contributed by atoms with E-state index in [-0.39, 0.29) is 11.2 Å². The Labute approximate surface area is 174 Å². The lowest BCUT2D eigenvalue weighted by atomic mass is 10.1. The van der Waals surface area contributed by atoms with E-state index < -0.39 is 11.9 Å². The summed E-state index contributed by atoms with van der Waals surface area (Å²) in [6.07, 6.45) is 2.48. The number of aliphatic carboxylic acids is 1. The number of aromatic nitrogens is 2. The summed E-state index contributed by atoms with van der Waals surface area (Å²) in [6.45, 7) is 0.492. The minimum absolute atomic E-state index is 0.202. The standard InChI is InChI=1S/C20H13Cl2N3O4/c21-12-2-1-10(15(22)8-12)7-11-5-6-25-17(11)24-16-9-13(23-18(26)20(28)29)3-4-14(16)19(25)27/h1-4,7-9H,5-6H2,(H,23,26)(H,28,29). The Morgan fingerprint density at radius 1 is 1.17 bits per heavy atom. The number of nitrogens with zero attached hydrogens (tertiary/aromatic N) is 2. The average Bonchev–Trinajstić information content (AvgIpc) is 3.07. The molecule has 2 N–H and O–H groups in total. The van der Waals surface area contributed by atoms with Crippen molar-refractivity contribution >= 4 is 63.3 Å². The zero-order valence-corrected chi connectivity index (χ0v) is 16.3. The topological polar surface area (TPSA) is 101 Å². The van der Waals surface area contributed by atoms with Gasteiger partial charge in [0.1, 0.15) is 5.82 Å². The second-order valence-electron chi connectivity index (χ2n) is 6.47. The number of allylic oxidation sites excluding steroid dienone is 1. The van der Waals surface area contributed by atoms with E-state index in [1.165, 1.54) is 18.2 Å². The molecule has 2 heterocycles. The van der Waals surface area contributed by atoms with E-state index in [9.17, 15) is 14.4 Å². The molecule has 0 saturated carbocycles. The normalized spacial score (nSPS) is 14.2. The molecule has 0 radical (unpaired) electrons. The lowest BCUT2D eigenvalue weighted by molar-refractivity contribution is -0.147. The van der Waals surface area contributed by atoms with Crippen molar-refractivity contribution in [3.8, 4) is 0 Å². The van der Waals surface area contributed by atoms with Gasteiger partial charge in [-0.1, -0.05) is 29.3 Å². The van der Waals surface area contributed by atoms with Gasteiger partial charge in [-0.05, 0) is 54.0 Å². The maximum Gasteiger partial charge on any atom is 0.394 e. The Hall–Kier alpha value is -3.16. The van der Waals surface area contributed by atoms with Crippen LogP contribution in [0.15, 0.2) is 41.2 Å². The number of rotatable bonds is 2. The highest BCUT2D eigenvalue weighted by Gasteiger charge is 2.21. The summed E-state index contributed by atoms with van der Waals surface area (Å²) in [4.78, 5) is 39.5. The summed E-state index contributed by atoms with van der Waals surface area (Å²) < 4.78 is 1.59. The summed E-state index contributed by atoms with van der Waals surface area (Å²) >= 11 is 12.2. The maximum atomic E-state index is 12.8. The molecular formula is C20H13Cl2N3O4. The molecular weight excluding hydrogens is 417 g/mol. The van der Waals surface area contributed by atoms with Gasteiger partial charge in [-0.25, -0.2) is 9.78 Å². The van der Waals surface area contributed by atoms with Crippen molar-refractivity contribution in [2.75, 3.05) is 5.32 Å². The Morgan fingerprint density at radius 2 is 1.97 bits per heavy atom. The summed E-state index contributed by atoms with van der Waals surface area (Å²) in [5.74, 6) is -2.26. The molecule has 29 heavy (non-hydrogen) atoms. The number of carbonyl (C=O) groups excluding carboxylic acids is 1. The molecule has 1 aromatic heterocycles. The predicted octanol–water partition coefficient (Wildman–Crippen LogP) is 3.67. The second kappa shape index (κ2) is 7.35. The third-order valence-electron chi connectivity index (χ3n) is 4.59. The summed E-state index contributed by atoms with van der Waals surface area (Å²) in [7, 11) is 0. The molecule has 7 nitrogen and oxygen atoms in total. The third kappa shape index (κ3) is 3.62. The van der Waals surface area contributed by atoms with Crippen molar-refractivity contribution in [3.05, 3.63) is 68.2 Å². The van der Waals surface area contributed by atoms with Crippen LogP contribution in [0.2, 0.25) is 10.0 Å². The average molecular weight is 430 g/mol. The van der Waals surface area contributed by atoms with Gasteiger partial charge >= 0.3 is 11.9 Å². The molecule has 1 amide bonds. The number of nitrogens with one attached hydrogen (secondary N) is 1. The molecule has 9 heteroatoms. The zero-order chi connectivity index (χ0) is 20.7. The molecule has 0 unspecified atom stereocenters. The first-order valence-corrected chi connectivity index (χ1v) is 9.34. The monoisotopic (exact) mass is 429 g/mol. The smallest absolute Gasteiger partial charge is 0.394 e. The minimum atomic E-state index is -1.60. The number of hydrogen-bond acceptors (Lipinski definition) is 4. The van der Waals surface area contributed by atoms with E-state index in [1.807, 2.05) is 6.08 Å². The zero-order valence-electron chi connectivity index (χ0n) is 14.8. The number of carboxylic acids is 1. The molecule has 3 aromatic rings. The summed E-state index contributed by atoms with van der Waals surface area (Å²) in [5, 5.41) is 12.4. The van der Waals surface area contributed by atoms with Crippen molar-refractivity contribution in [2.24, 2.45) is 0 Å². The number of hydrogen-bond donors (Lipinski definition) is 2. The van der Waals surface area contributed by atoms with Gasteiger partial charge in [0.2, 0.25) is 0 Å². The van der Waals surface area contributed by atoms with Crippen LogP contribution in [0.1, 0.15) is 17.8 Å². The first-order chi connectivity index (χ1) is 13.8. The van der Waals surface area contributed by atoms with Crippen LogP contribution in [0.3, 0.4) is 0 Å². The van der Waals surface area contributed by atoms with Crippen LogP contribution >= 0.6 is 23.2 Å². The molecule has 0 aliphatic carbocycles. The van der Waals surface area contributed by atoms with E-state index in [2.05, 4.69) is 10.3 Å². The molecule has 0 fully saturated rings. The van der Waals surface area contributed by atoms with E-state index in [4.69, 9.17) is 28.3 Å². The molecule has 2 aromatic carbocycles. The van der Waals surface area contributed by atoms with Crippen LogP contribution in [0, 0.1) is 0 Å². The van der Waals surface area contributed by atoms with Crippen LogP contribution in [0.4, 0.5) is 5.69 Å². The lowest BCUT2D eigenvalue weighted by Crippen LogP contribution is -2.23. The minimum Gasteiger partial charge on any atom is -0.474 e. The molecule has 1 aliphatic heterocycles. The number of amides is 1. The summed E-state index contributed by atoms with van der Waals surface area (Å²) in [6, 6.07) is 9.63. The van der Waals surface area contributed by atoms with Gasteiger partial charge in [0.05, 0.1) is 10.9 Å². The molecule has 4 rings (SSSR count). The fraction of sp³-hybridized carbons (Fsp3) is 0.100. The fourth-order valence-electron chi connectivity index (χ4n) is 3.22. The van der Waals surface area contributed by atoms with Crippen molar-refractivity contribution in [1.82, 2.24) is 9.55 Å². The van der Waals surface area contributed by atoms with Gasteiger partial charge < -0.3 is 10.4 Å². The van der Waals surface area contributed by atoms with Crippen molar-refractivity contribution in [1.29, 1.82) is 0 Å². The third-order valence-corrected chi connectivity index (χ3v) is 5.15. The molecule has 0 saturated heterocycles. The highest BCUT2D eigenvalue weighted by Crippen LogP contribution is 2.31. The van der Waals surface area contributed by atoms with Gasteiger partial charge in [-0.15, -0.1) is 0 Å². The highest BCUT2D eigenvalue weighted by atomic mass is 35.5. The Kier molecular flexibility index (Phi) is 4.86. The molecule has 1 aliphatic rings. The Balaban J connectivity index is 1.80. The summed E-state index contributed by atoms with van der Waals surface area (Å²) in [5.41, 5.74) is 2.00. The van der Waals surface area contributed by atoms with Crippen molar-refractivity contribution in [2.45, 2.75) is 13.0 Å². The second-order valence-corrected chi connectivity index (χ2v) is 7.31. The largest absolute Gasteiger partial charge is 0.474 e.